The lowest BCUT2D eigenvalue weighted by Gasteiger charge is -2.33. The van der Waals surface area contributed by atoms with Crippen LogP contribution in [-0.4, -0.2) is 42.0 Å². The molecule has 0 aliphatic carbocycles. The molecule has 174 valence electrons. The molecule has 2 aromatic rings. The molecule has 0 unspecified atom stereocenters. The van der Waals surface area contributed by atoms with E-state index in [0.717, 1.165) is 16.7 Å². The van der Waals surface area contributed by atoms with Crippen molar-refractivity contribution in [3.05, 3.63) is 59.2 Å². The smallest absolute Gasteiger partial charge is 0.261 e. The van der Waals surface area contributed by atoms with E-state index >= 15 is 0 Å². The van der Waals surface area contributed by atoms with Crippen molar-refractivity contribution in [2.24, 2.45) is 0 Å². The Balaban J connectivity index is 2.29. The highest BCUT2D eigenvalue weighted by atomic mass is 16.5. The summed E-state index contributed by atoms with van der Waals surface area (Å²) >= 11 is 0. The maximum absolute atomic E-state index is 13.3. The van der Waals surface area contributed by atoms with E-state index in [9.17, 15) is 9.59 Å². The summed E-state index contributed by atoms with van der Waals surface area (Å²) in [4.78, 5) is 28.0. The molecule has 0 radical (unpaired) electrons. The fourth-order valence-corrected chi connectivity index (χ4v) is 3.43. The lowest BCUT2D eigenvalue weighted by atomic mass is 10.1. The van der Waals surface area contributed by atoms with Gasteiger partial charge in [-0.3, -0.25) is 9.59 Å². The number of nitrogens with one attached hydrogen (secondary N) is 1. The van der Waals surface area contributed by atoms with Gasteiger partial charge in [0, 0.05) is 12.1 Å². The van der Waals surface area contributed by atoms with Crippen LogP contribution in [0.25, 0.3) is 0 Å². The van der Waals surface area contributed by atoms with Gasteiger partial charge in [-0.05, 0) is 75.9 Å². The van der Waals surface area contributed by atoms with Crippen LogP contribution in [0.2, 0.25) is 0 Å². The molecule has 1 N–H and O–H groups in total. The van der Waals surface area contributed by atoms with Crippen molar-refractivity contribution in [2.75, 3.05) is 13.7 Å². The third-order valence-corrected chi connectivity index (χ3v) is 5.07. The van der Waals surface area contributed by atoms with E-state index in [0.29, 0.717) is 17.9 Å². The Hall–Kier alpha value is -3.02. The van der Waals surface area contributed by atoms with Gasteiger partial charge in [0.05, 0.1) is 7.11 Å². The molecule has 0 aliphatic rings. The Morgan fingerprint density at radius 3 is 2.44 bits per heavy atom. The minimum Gasteiger partial charge on any atom is -0.497 e. The second kappa shape index (κ2) is 11.0. The molecular formula is C26H36N2O4. The molecule has 2 rings (SSSR count). The van der Waals surface area contributed by atoms with E-state index in [2.05, 4.69) is 5.32 Å². The number of aryl methyl sites for hydroxylation is 2. The van der Waals surface area contributed by atoms with Crippen molar-refractivity contribution >= 4 is 11.8 Å². The molecule has 0 fully saturated rings. The quantitative estimate of drug-likeness (QED) is 0.627. The first-order valence-electron chi connectivity index (χ1n) is 11.0. The molecule has 32 heavy (non-hydrogen) atoms. The molecule has 0 bridgehead atoms. The molecule has 1 atom stereocenters. The summed E-state index contributed by atoms with van der Waals surface area (Å²) in [5, 5.41) is 3.01. The normalized spacial score (nSPS) is 12.1. The van der Waals surface area contributed by atoms with Crippen molar-refractivity contribution < 1.29 is 19.1 Å². The zero-order chi connectivity index (χ0) is 23.9. The maximum Gasteiger partial charge on any atom is 0.261 e. The van der Waals surface area contributed by atoms with Crippen LogP contribution in [0.1, 0.15) is 50.8 Å². The number of carbonyl (C=O) groups is 2. The molecule has 6 heteroatoms. The van der Waals surface area contributed by atoms with E-state index in [-0.39, 0.29) is 25.0 Å². The van der Waals surface area contributed by atoms with Gasteiger partial charge in [0.15, 0.2) is 6.61 Å². The highest BCUT2D eigenvalue weighted by Crippen LogP contribution is 2.21. The van der Waals surface area contributed by atoms with Gasteiger partial charge >= 0.3 is 0 Å². The second-order valence-electron chi connectivity index (χ2n) is 9.09. The van der Waals surface area contributed by atoms with Crippen molar-refractivity contribution in [3.63, 3.8) is 0 Å². The van der Waals surface area contributed by atoms with E-state index in [1.165, 1.54) is 0 Å². The highest BCUT2D eigenvalue weighted by Gasteiger charge is 2.31. The number of hydrogen-bond acceptors (Lipinski definition) is 4. The topological polar surface area (TPSA) is 67.9 Å². The standard InChI is InChI=1S/C26H36N2O4/c1-8-22(25(30)27-26(4,5)6)28(16-20-10-9-11-21(15-20)31-7)24(29)17-32-23-14-18(2)12-13-19(23)3/h9-15,22H,8,16-17H2,1-7H3,(H,27,30)/t22-/m1/s1. The third-order valence-electron chi connectivity index (χ3n) is 5.07. The summed E-state index contributed by atoms with van der Waals surface area (Å²) in [6.45, 7) is 11.7. The number of rotatable bonds is 9. The van der Waals surface area contributed by atoms with Crippen LogP contribution in [0.5, 0.6) is 11.5 Å². The van der Waals surface area contributed by atoms with Gasteiger partial charge in [0.1, 0.15) is 17.5 Å². The maximum atomic E-state index is 13.3. The Labute approximate surface area is 191 Å². The van der Waals surface area contributed by atoms with Crippen LogP contribution in [0.4, 0.5) is 0 Å². The van der Waals surface area contributed by atoms with E-state index in [1.807, 2.05) is 84.0 Å². The van der Waals surface area contributed by atoms with Crippen LogP contribution < -0.4 is 14.8 Å². The Bertz CT molecular complexity index is 934. The number of methoxy groups -OCH3 is 1. The average Bonchev–Trinajstić information content (AvgIpc) is 2.72. The van der Waals surface area contributed by atoms with Crippen LogP contribution in [0, 0.1) is 13.8 Å². The van der Waals surface area contributed by atoms with E-state index in [1.54, 1.807) is 12.0 Å². The summed E-state index contributed by atoms with van der Waals surface area (Å²) in [7, 11) is 1.60. The summed E-state index contributed by atoms with van der Waals surface area (Å²) in [5.74, 6) is 0.952. The van der Waals surface area contributed by atoms with Crippen molar-refractivity contribution in [1.82, 2.24) is 10.2 Å². The lowest BCUT2D eigenvalue weighted by Crippen LogP contribution is -2.54. The highest BCUT2D eigenvalue weighted by molar-refractivity contribution is 5.88. The molecule has 2 aromatic carbocycles. The first-order valence-corrected chi connectivity index (χ1v) is 11.0. The molecule has 0 saturated carbocycles. The molecule has 0 heterocycles. The summed E-state index contributed by atoms with van der Waals surface area (Å²) in [6.07, 6.45) is 0.487. The van der Waals surface area contributed by atoms with Gasteiger partial charge in [-0.1, -0.05) is 31.2 Å². The van der Waals surface area contributed by atoms with Crippen molar-refractivity contribution in [3.8, 4) is 11.5 Å². The van der Waals surface area contributed by atoms with Crippen LogP contribution in [0.3, 0.4) is 0 Å². The molecule has 2 amide bonds. The number of carbonyl (C=O) groups excluding carboxylic acids is 2. The van der Waals surface area contributed by atoms with Crippen LogP contribution >= 0.6 is 0 Å². The molecular weight excluding hydrogens is 404 g/mol. The zero-order valence-electron chi connectivity index (χ0n) is 20.3. The van der Waals surface area contributed by atoms with Gasteiger partial charge in [-0.15, -0.1) is 0 Å². The summed E-state index contributed by atoms with van der Waals surface area (Å²) in [5.41, 5.74) is 2.50. The van der Waals surface area contributed by atoms with Gasteiger partial charge in [-0.2, -0.15) is 0 Å². The van der Waals surface area contributed by atoms with Crippen molar-refractivity contribution in [2.45, 2.75) is 66.1 Å². The van der Waals surface area contributed by atoms with Crippen LogP contribution in [-0.2, 0) is 16.1 Å². The fourth-order valence-electron chi connectivity index (χ4n) is 3.43. The Morgan fingerprint density at radius 2 is 1.81 bits per heavy atom. The number of hydrogen-bond donors (Lipinski definition) is 1. The van der Waals surface area contributed by atoms with E-state index in [4.69, 9.17) is 9.47 Å². The second-order valence-corrected chi connectivity index (χ2v) is 9.09. The monoisotopic (exact) mass is 440 g/mol. The third kappa shape index (κ3) is 7.29. The van der Waals surface area contributed by atoms with E-state index < -0.39 is 11.6 Å². The SMILES string of the molecule is CC[C@H](C(=O)NC(C)(C)C)N(Cc1cccc(OC)c1)C(=O)COc1cc(C)ccc1C. The van der Waals surface area contributed by atoms with Crippen LogP contribution in [0.15, 0.2) is 42.5 Å². The first-order chi connectivity index (χ1) is 15.0. The summed E-state index contributed by atoms with van der Waals surface area (Å²) < 4.78 is 11.2. The predicted molar refractivity (Wildman–Crippen MR) is 127 cm³/mol. The minimum absolute atomic E-state index is 0.145. The van der Waals surface area contributed by atoms with Gasteiger partial charge in [0.2, 0.25) is 5.91 Å². The minimum atomic E-state index is -0.616. The van der Waals surface area contributed by atoms with Crippen molar-refractivity contribution in [1.29, 1.82) is 0 Å². The lowest BCUT2D eigenvalue weighted by molar-refractivity contribution is -0.143. The number of benzene rings is 2. The molecule has 0 saturated heterocycles. The summed E-state index contributed by atoms with van der Waals surface area (Å²) in [6, 6.07) is 12.8. The first kappa shape index (κ1) is 25.2. The van der Waals surface area contributed by atoms with Gasteiger partial charge in [0.25, 0.3) is 5.91 Å². The van der Waals surface area contributed by atoms with Gasteiger partial charge in [-0.25, -0.2) is 0 Å². The fraction of sp³-hybridized carbons (Fsp3) is 0.462. The average molecular weight is 441 g/mol. The number of nitrogens with zero attached hydrogens (tertiary/aromatic N) is 1. The van der Waals surface area contributed by atoms with Gasteiger partial charge < -0.3 is 19.7 Å². The number of amides is 2. The molecule has 6 nitrogen and oxygen atoms in total. The molecule has 0 aliphatic heterocycles. The number of ether oxygens (including phenoxy) is 2. The zero-order valence-corrected chi connectivity index (χ0v) is 20.3. The molecule has 0 aromatic heterocycles. The molecule has 0 spiro atoms. The Kier molecular flexibility index (Phi) is 8.70. The predicted octanol–water partition coefficient (Wildman–Crippen LogP) is 4.41. The largest absolute Gasteiger partial charge is 0.497 e. The Morgan fingerprint density at radius 1 is 1.09 bits per heavy atom.